The summed E-state index contributed by atoms with van der Waals surface area (Å²) in [6, 6.07) is 2.00. The summed E-state index contributed by atoms with van der Waals surface area (Å²) in [4.78, 5) is 0. The van der Waals surface area contributed by atoms with Crippen molar-refractivity contribution in [1.29, 1.82) is 0 Å². The van der Waals surface area contributed by atoms with Crippen molar-refractivity contribution in [1.82, 2.24) is 9.78 Å². The van der Waals surface area contributed by atoms with E-state index in [9.17, 15) is 0 Å². The smallest absolute Gasteiger partial charge is 0.0496 e. The molecule has 2 nitrogen and oxygen atoms in total. The van der Waals surface area contributed by atoms with E-state index in [2.05, 4.69) is 31.6 Å². The summed E-state index contributed by atoms with van der Waals surface area (Å²) in [7, 11) is 0. The molecule has 0 aliphatic heterocycles. The van der Waals surface area contributed by atoms with Gasteiger partial charge in [-0.25, -0.2) is 4.68 Å². The number of rotatable bonds is 4. The SMILES string of the molecule is C=C(/C=C(/C)n1nccc1C)CCC. The van der Waals surface area contributed by atoms with Gasteiger partial charge in [-0.15, -0.1) is 0 Å². The maximum absolute atomic E-state index is 4.24. The number of aryl methyl sites for hydroxylation is 1. The molecule has 0 aliphatic carbocycles. The van der Waals surface area contributed by atoms with Crippen molar-refractivity contribution in [3.05, 3.63) is 36.2 Å². The second kappa shape index (κ2) is 4.80. The fraction of sp³-hybridized carbons (Fsp3) is 0.417. The van der Waals surface area contributed by atoms with Crippen LogP contribution in [0.1, 0.15) is 32.4 Å². The zero-order chi connectivity index (χ0) is 10.6. The molecule has 0 radical (unpaired) electrons. The lowest BCUT2D eigenvalue weighted by atomic mass is 10.1. The molecule has 0 fully saturated rings. The maximum atomic E-state index is 4.24. The van der Waals surface area contributed by atoms with Crippen LogP contribution in [-0.4, -0.2) is 9.78 Å². The fourth-order valence-electron chi connectivity index (χ4n) is 1.49. The summed E-state index contributed by atoms with van der Waals surface area (Å²) in [6.45, 7) is 10.3. The Morgan fingerprint density at radius 3 is 2.86 bits per heavy atom. The monoisotopic (exact) mass is 190 g/mol. The molecule has 0 unspecified atom stereocenters. The van der Waals surface area contributed by atoms with E-state index in [0.29, 0.717) is 0 Å². The van der Waals surface area contributed by atoms with Gasteiger partial charge < -0.3 is 0 Å². The summed E-state index contributed by atoms with van der Waals surface area (Å²) < 4.78 is 1.93. The molecule has 0 saturated carbocycles. The highest BCUT2D eigenvalue weighted by atomic mass is 15.3. The van der Waals surface area contributed by atoms with Crippen molar-refractivity contribution in [2.75, 3.05) is 0 Å². The predicted octanol–water partition coefficient (Wildman–Crippen LogP) is 3.41. The average molecular weight is 190 g/mol. The van der Waals surface area contributed by atoms with Crippen molar-refractivity contribution in [2.45, 2.75) is 33.6 Å². The fourth-order valence-corrected chi connectivity index (χ4v) is 1.49. The Labute approximate surface area is 85.9 Å². The minimum atomic E-state index is 1.05. The standard InChI is InChI=1S/C12H18N2/c1-5-6-10(2)9-12(4)14-11(3)7-8-13-14/h7-9H,2,5-6H2,1,3-4H3/b12-9-. The zero-order valence-electron chi connectivity index (χ0n) is 9.25. The highest BCUT2D eigenvalue weighted by molar-refractivity contribution is 5.47. The lowest BCUT2D eigenvalue weighted by Gasteiger charge is -2.05. The third-order valence-electron chi connectivity index (χ3n) is 2.15. The molecular weight excluding hydrogens is 172 g/mol. The summed E-state index contributed by atoms with van der Waals surface area (Å²) >= 11 is 0. The molecule has 1 rings (SSSR count). The molecule has 0 aliphatic rings. The Balaban J connectivity index is 2.79. The number of allylic oxidation sites excluding steroid dienone is 3. The van der Waals surface area contributed by atoms with E-state index in [0.717, 1.165) is 24.2 Å². The lowest BCUT2D eigenvalue weighted by molar-refractivity contribution is 0.856. The summed E-state index contributed by atoms with van der Waals surface area (Å²) in [5.41, 5.74) is 3.45. The Morgan fingerprint density at radius 2 is 2.36 bits per heavy atom. The lowest BCUT2D eigenvalue weighted by Crippen LogP contribution is -1.98. The highest BCUT2D eigenvalue weighted by Gasteiger charge is 1.98. The molecule has 0 N–H and O–H groups in total. The molecule has 0 bridgehead atoms. The first-order valence-corrected chi connectivity index (χ1v) is 5.02. The van der Waals surface area contributed by atoms with E-state index < -0.39 is 0 Å². The second-order valence-electron chi connectivity index (χ2n) is 3.58. The van der Waals surface area contributed by atoms with Crippen molar-refractivity contribution in [3.8, 4) is 0 Å². The summed E-state index contributed by atoms with van der Waals surface area (Å²) in [5.74, 6) is 0. The molecule has 1 aromatic heterocycles. The maximum Gasteiger partial charge on any atom is 0.0496 e. The quantitative estimate of drug-likeness (QED) is 0.665. The van der Waals surface area contributed by atoms with Gasteiger partial charge in [-0.2, -0.15) is 5.10 Å². The zero-order valence-corrected chi connectivity index (χ0v) is 9.25. The largest absolute Gasteiger partial charge is 0.243 e. The van der Waals surface area contributed by atoms with Crippen molar-refractivity contribution < 1.29 is 0 Å². The van der Waals surface area contributed by atoms with Crippen LogP contribution in [0.2, 0.25) is 0 Å². The summed E-state index contributed by atoms with van der Waals surface area (Å²) in [5, 5.41) is 4.24. The first-order chi connectivity index (χ1) is 6.65. The number of hydrogen-bond donors (Lipinski definition) is 0. The normalized spacial score (nSPS) is 11.8. The molecule has 0 atom stereocenters. The molecule has 1 aromatic rings. The van der Waals surface area contributed by atoms with E-state index >= 15 is 0 Å². The van der Waals surface area contributed by atoms with Crippen LogP contribution in [0.3, 0.4) is 0 Å². The second-order valence-corrected chi connectivity index (χ2v) is 3.58. The highest BCUT2D eigenvalue weighted by Crippen LogP contribution is 2.11. The van der Waals surface area contributed by atoms with E-state index in [4.69, 9.17) is 0 Å². The minimum absolute atomic E-state index is 1.05. The van der Waals surface area contributed by atoms with E-state index in [1.54, 1.807) is 0 Å². The van der Waals surface area contributed by atoms with E-state index in [1.165, 1.54) is 5.57 Å². The Morgan fingerprint density at radius 1 is 1.64 bits per heavy atom. The van der Waals surface area contributed by atoms with Crippen LogP contribution in [0, 0.1) is 6.92 Å². The Hall–Kier alpha value is -1.31. The van der Waals surface area contributed by atoms with Gasteiger partial charge in [-0.1, -0.05) is 25.5 Å². The van der Waals surface area contributed by atoms with Gasteiger partial charge in [0.2, 0.25) is 0 Å². The molecule has 0 aromatic carbocycles. The van der Waals surface area contributed by atoms with Gasteiger partial charge in [-0.05, 0) is 32.4 Å². The molecule has 14 heavy (non-hydrogen) atoms. The first kappa shape index (κ1) is 10.8. The molecule has 2 heteroatoms. The third kappa shape index (κ3) is 2.59. The molecule has 0 spiro atoms. The van der Waals surface area contributed by atoms with Crippen LogP contribution in [0.25, 0.3) is 5.70 Å². The Bertz CT molecular complexity index is 345. The van der Waals surface area contributed by atoms with Crippen molar-refractivity contribution in [2.24, 2.45) is 0 Å². The van der Waals surface area contributed by atoms with Crippen molar-refractivity contribution in [3.63, 3.8) is 0 Å². The first-order valence-electron chi connectivity index (χ1n) is 5.02. The average Bonchev–Trinajstić information content (AvgIpc) is 2.51. The number of nitrogens with zero attached hydrogens (tertiary/aromatic N) is 2. The van der Waals surface area contributed by atoms with Crippen LogP contribution in [-0.2, 0) is 0 Å². The van der Waals surface area contributed by atoms with Gasteiger partial charge in [0.1, 0.15) is 0 Å². The summed E-state index contributed by atoms with van der Waals surface area (Å²) in [6.07, 6.45) is 6.11. The van der Waals surface area contributed by atoms with Crippen LogP contribution < -0.4 is 0 Å². The van der Waals surface area contributed by atoms with Crippen LogP contribution in [0.5, 0.6) is 0 Å². The molecular formula is C12H18N2. The number of hydrogen-bond acceptors (Lipinski definition) is 1. The molecule has 1 heterocycles. The van der Waals surface area contributed by atoms with Gasteiger partial charge in [0, 0.05) is 17.6 Å². The Kier molecular flexibility index (Phi) is 3.69. The molecule has 76 valence electrons. The third-order valence-corrected chi connectivity index (χ3v) is 2.15. The van der Waals surface area contributed by atoms with Crippen LogP contribution in [0.15, 0.2) is 30.5 Å². The van der Waals surface area contributed by atoms with Gasteiger partial charge in [-0.3, -0.25) is 0 Å². The molecule has 0 saturated heterocycles. The van der Waals surface area contributed by atoms with E-state index in [-0.39, 0.29) is 0 Å². The molecule has 0 amide bonds. The number of aromatic nitrogens is 2. The topological polar surface area (TPSA) is 17.8 Å². The van der Waals surface area contributed by atoms with Gasteiger partial charge in [0.15, 0.2) is 0 Å². The van der Waals surface area contributed by atoms with Crippen LogP contribution >= 0.6 is 0 Å². The van der Waals surface area contributed by atoms with Crippen LogP contribution in [0.4, 0.5) is 0 Å². The van der Waals surface area contributed by atoms with E-state index in [1.807, 2.05) is 23.9 Å². The van der Waals surface area contributed by atoms with Crippen molar-refractivity contribution >= 4 is 5.70 Å². The predicted molar refractivity (Wildman–Crippen MR) is 61.0 cm³/mol. The van der Waals surface area contributed by atoms with Gasteiger partial charge >= 0.3 is 0 Å². The van der Waals surface area contributed by atoms with Gasteiger partial charge in [0.05, 0.1) is 0 Å². The minimum Gasteiger partial charge on any atom is -0.243 e. The van der Waals surface area contributed by atoms with Gasteiger partial charge in [0.25, 0.3) is 0 Å².